The van der Waals surface area contributed by atoms with Crippen molar-refractivity contribution >= 4 is 5.91 Å². The molecule has 1 heterocycles. The van der Waals surface area contributed by atoms with Crippen LogP contribution in [0, 0.1) is 17.8 Å². The van der Waals surface area contributed by atoms with E-state index in [0.717, 1.165) is 51.6 Å². The van der Waals surface area contributed by atoms with Crippen LogP contribution in [0.4, 0.5) is 0 Å². The molecule has 1 aliphatic heterocycles. The van der Waals surface area contributed by atoms with Crippen molar-refractivity contribution < 1.29 is 9.90 Å². The van der Waals surface area contributed by atoms with Gasteiger partial charge in [0.05, 0.1) is 0 Å². The number of carbonyl (C=O) groups excluding carboxylic acids is 1. The summed E-state index contributed by atoms with van der Waals surface area (Å²) in [5.41, 5.74) is 5.97. The number of piperidine rings is 1. The lowest BCUT2D eigenvalue weighted by atomic mass is 9.77. The fourth-order valence-corrected chi connectivity index (χ4v) is 3.72. The Morgan fingerprint density at radius 3 is 2.84 bits per heavy atom. The summed E-state index contributed by atoms with van der Waals surface area (Å²) < 4.78 is 0. The lowest BCUT2D eigenvalue weighted by Crippen LogP contribution is -2.46. The standard InChI is InChI=1S/C15H28N2O2/c1-11-9-13(16)4-5-14(11)15(19)17-7-2-3-12(10-17)6-8-18/h11-14,18H,2-10,16H2,1H3. The molecule has 2 rings (SSSR count). The van der Waals surface area contributed by atoms with Crippen LogP contribution in [0.15, 0.2) is 0 Å². The van der Waals surface area contributed by atoms with E-state index in [0.29, 0.717) is 17.7 Å². The van der Waals surface area contributed by atoms with Crippen LogP contribution in [0.5, 0.6) is 0 Å². The average molecular weight is 268 g/mol. The van der Waals surface area contributed by atoms with Gasteiger partial charge in [0.25, 0.3) is 0 Å². The Bertz CT molecular complexity index is 307. The fourth-order valence-electron chi connectivity index (χ4n) is 3.72. The molecule has 1 saturated heterocycles. The van der Waals surface area contributed by atoms with Gasteiger partial charge in [-0.1, -0.05) is 6.92 Å². The van der Waals surface area contributed by atoms with E-state index < -0.39 is 0 Å². The molecule has 0 radical (unpaired) electrons. The molecule has 0 aromatic rings. The number of amides is 1. The predicted molar refractivity (Wildman–Crippen MR) is 75.5 cm³/mol. The summed E-state index contributed by atoms with van der Waals surface area (Å²) in [4.78, 5) is 14.7. The first kappa shape index (κ1) is 14.8. The highest BCUT2D eigenvalue weighted by atomic mass is 16.3. The van der Waals surface area contributed by atoms with Crippen molar-refractivity contribution in [3.8, 4) is 0 Å². The number of aliphatic hydroxyl groups excluding tert-OH is 1. The van der Waals surface area contributed by atoms with Crippen LogP contribution in [0.3, 0.4) is 0 Å². The van der Waals surface area contributed by atoms with Crippen LogP contribution in [0.2, 0.25) is 0 Å². The molecule has 1 amide bonds. The highest BCUT2D eigenvalue weighted by Crippen LogP contribution is 2.32. The van der Waals surface area contributed by atoms with Gasteiger partial charge < -0.3 is 15.7 Å². The summed E-state index contributed by atoms with van der Waals surface area (Å²) in [5, 5.41) is 9.05. The zero-order chi connectivity index (χ0) is 13.8. The molecule has 2 aliphatic rings. The Labute approximate surface area is 116 Å². The molecule has 4 atom stereocenters. The van der Waals surface area contributed by atoms with Gasteiger partial charge in [0.15, 0.2) is 0 Å². The topological polar surface area (TPSA) is 66.6 Å². The molecule has 3 N–H and O–H groups in total. The Hall–Kier alpha value is -0.610. The minimum atomic E-state index is 0.174. The molecule has 2 fully saturated rings. The Morgan fingerprint density at radius 1 is 1.37 bits per heavy atom. The number of hydrogen-bond acceptors (Lipinski definition) is 3. The SMILES string of the molecule is CC1CC(N)CCC1C(=O)N1CCCC(CCO)C1. The Kier molecular flexibility index (Phi) is 5.22. The highest BCUT2D eigenvalue weighted by Gasteiger charge is 2.35. The van der Waals surface area contributed by atoms with Crippen molar-refractivity contribution in [3.05, 3.63) is 0 Å². The molecular formula is C15H28N2O2. The third-order valence-electron chi connectivity index (χ3n) is 4.90. The van der Waals surface area contributed by atoms with Gasteiger partial charge in [-0.2, -0.15) is 0 Å². The van der Waals surface area contributed by atoms with Gasteiger partial charge in [0.2, 0.25) is 5.91 Å². The number of rotatable bonds is 3. The minimum absolute atomic E-state index is 0.174. The maximum absolute atomic E-state index is 12.6. The van der Waals surface area contributed by atoms with E-state index in [1.54, 1.807) is 0 Å². The van der Waals surface area contributed by atoms with Crippen molar-refractivity contribution in [2.24, 2.45) is 23.5 Å². The molecule has 1 saturated carbocycles. The summed E-state index contributed by atoms with van der Waals surface area (Å²) in [6.07, 6.45) is 5.96. The van der Waals surface area contributed by atoms with Crippen LogP contribution in [-0.4, -0.2) is 41.7 Å². The average Bonchev–Trinajstić information content (AvgIpc) is 2.39. The summed E-state index contributed by atoms with van der Waals surface area (Å²) in [7, 11) is 0. The van der Waals surface area contributed by atoms with E-state index in [9.17, 15) is 4.79 Å². The van der Waals surface area contributed by atoms with Crippen LogP contribution in [0.1, 0.15) is 45.4 Å². The maximum Gasteiger partial charge on any atom is 0.225 e. The van der Waals surface area contributed by atoms with Gasteiger partial charge in [-0.25, -0.2) is 0 Å². The van der Waals surface area contributed by atoms with Crippen LogP contribution in [-0.2, 0) is 4.79 Å². The van der Waals surface area contributed by atoms with Gasteiger partial charge in [-0.3, -0.25) is 4.79 Å². The Balaban J connectivity index is 1.91. The van der Waals surface area contributed by atoms with Crippen molar-refractivity contribution in [2.75, 3.05) is 19.7 Å². The minimum Gasteiger partial charge on any atom is -0.396 e. The molecule has 0 aromatic carbocycles. The summed E-state index contributed by atoms with van der Waals surface area (Å²) in [6.45, 7) is 4.14. The molecule has 1 aliphatic carbocycles. The number of hydrogen-bond donors (Lipinski definition) is 2. The van der Waals surface area contributed by atoms with Crippen LogP contribution in [0.25, 0.3) is 0 Å². The lowest BCUT2D eigenvalue weighted by molar-refractivity contribution is -0.140. The van der Waals surface area contributed by atoms with Crippen LogP contribution >= 0.6 is 0 Å². The zero-order valence-corrected chi connectivity index (χ0v) is 12.1. The number of aliphatic hydroxyl groups is 1. The number of likely N-dealkylation sites (tertiary alicyclic amines) is 1. The van der Waals surface area contributed by atoms with Crippen molar-refractivity contribution in [1.82, 2.24) is 4.90 Å². The molecule has 0 bridgehead atoms. The second-order valence-electron chi connectivity index (χ2n) is 6.46. The summed E-state index contributed by atoms with van der Waals surface area (Å²) >= 11 is 0. The fraction of sp³-hybridized carbons (Fsp3) is 0.933. The van der Waals surface area contributed by atoms with E-state index in [1.165, 1.54) is 0 Å². The first-order chi connectivity index (χ1) is 9.11. The highest BCUT2D eigenvalue weighted by molar-refractivity contribution is 5.79. The normalized spacial score (nSPS) is 36.3. The first-order valence-corrected chi connectivity index (χ1v) is 7.77. The van der Waals surface area contributed by atoms with Gasteiger partial charge in [-0.05, 0) is 50.4 Å². The number of carbonyl (C=O) groups is 1. The number of nitrogens with two attached hydrogens (primary N) is 1. The van der Waals surface area contributed by atoms with Crippen molar-refractivity contribution in [2.45, 2.75) is 51.5 Å². The molecule has 4 nitrogen and oxygen atoms in total. The van der Waals surface area contributed by atoms with Crippen LogP contribution < -0.4 is 5.73 Å². The predicted octanol–water partition coefficient (Wildman–Crippen LogP) is 1.37. The van der Waals surface area contributed by atoms with Gasteiger partial charge in [0, 0.05) is 31.7 Å². The largest absolute Gasteiger partial charge is 0.396 e. The van der Waals surface area contributed by atoms with E-state index in [4.69, 9.17) is 10.8 Å². The second-order valence-corrected chi connectivity index (χ2v) is 6.46. The molecule has 0 spiro atoms. The third-order valence-corrected chi connectivity index (χ3v) is 4.90. The van der Waals surface area contributed by atoms with Gasteiger partial charge >= 0.3 is 0 Å². The Morgan fingerprint density at radius 2 is 2.16 bits per heavy atom. The maximum atomic E-state index is 12.6. The molecule has 0 aromatic heterocycles. The molecule has 4 heteroatoms. The lowest BCUT2D eigenvalue weighted by Gasteiger charge is -2.38. The summed E-state index contributed by atoms with van der Waals surface area (Å²) in [5.74, 6) is 1.41. The number of nitrogens with zero attached hydrogens (tertiary/aromatic N) is 1. The van der Waals surface area contributed by atoms with E-state index >= 15 is 0 Å². The first-order valence-electron chi connectivity index (χ1n) is 7.77. The van der Waals surface area contributed by atoms with Crippen molar-refractivity contribution in [1.29, 1.82) is 0 Å². The van der Waals surface area contributed by atoms with Crippen molar-refractivity contribution in [3.63, 3.8) is 0 Å². The monoisotopic (exact) mass is 268 g/mol. The second kappa shape index (κ2) is 6.71. The smallest absolute Gasteiger partial charge is 0.225 e. The van der Waals surface area contributed by atoms with Gasteiger partial charge in [0.1, 0.15) is 0 Å². The zero-order valence-electron chi connectivity index (χ0n) is 12.1. The molecule has 4 unspecified atom stereocenters. The third kappa shape index (κ3) is 3.69. The van der Waals surface area contributed by atoms with E-state index in [1.807, 2.05) is 4.90 Å². The molecule has 110 valence electrons. The molecular weight excluding hydrogens is 240 g/mol. The summed E-state index contributed by atoms with van der Waals surface area (Å²) in [6, 6.07) is 0.280. The molecule has 19 heavy (non-hydrogen) atoms. The van der Waals surface area contributed by atoms with Gasteiger partial charge in [-0.15, -0.1) is 0 Å². The van der Waals surface area contributed by atoms with E-state index in [2.05, 4.69) is 6.92 Å². The van der Waals surface area contributed by atoms with E-state index in [-0.39, 0.29) is 18.6 Å². The quantitative estimate of drug-likeness (QED) is 0.812.